The minimum atomic E-state index is 0.539. The van der Waals surface area contributed by atoms with E-state index in [0.29, 0.717) is 5.54 Å². The lowest BCUT2D eigenvalue weighted by Crippen LogP contribution is -2.58. The lowest BCUT2D eigenvalue weighted by atomic mass is 9.53. The van der Waals surface area contributed by atoms with E-state index in [0.717, 1.165) is 17.8 Å². The zero-order valence-electron chi connectivity index (χ0n) is 12.3. The molecule has 20 heavy (non-hydrogen) atoms. The van der Waals surface area contributed by atoms with Crippen molar-refractivity contribution in [3.8, 4) is 0 Å². The van der Waals surface area contributed by atoms with E-state index < -0.39 is 0 Å². The van der Waals surface area contributed by atoms with Crippen LogP contribution in [0, 0.1) is 17.8 Å². The molecule has 2 heteroatoms. The first-order valence-electron chi connectivity index (χ1n) is 8.51. The molecule has 4 bridgehead atoms. The maximum atomic E-state index is 4.06. The first-order chi connectivity index (χ1) is 9.78. The Morgan fingerprint density at radius 3 is 2.40 bits per heavy atom. The smallest absolute Gasteiger partial charge is 0.0192 e. The minimum absolute atomic E-state index is 0.539. The summed E-state index contributed by atoms with van der Waals surface area (Å²) in [4.78, 5) is 0. The second-order valence-corrected chi connectivity index (χ2v) is 9.14. The summed E-state index contributed by atoms with van der Waals surface area (Å²) < 4.78 is 0. The number of thioether (sulfide) groups is 1. The molecule has 5 aliphatic carbocycles. The molecular formula is C18H25NS. The topological polar surface area (TPSA) is 12.0 Å². The van der Waals surface area contributed by atoms with Crippen molar-refractivity contribution in [2.75, 3.05) is 18.1 Å². The van der Waals surface area contributed by atoms with Gasteiger partial charge in [-0.2, -0.15) is 11.8 Å². The summed E-state index contributed by atoms with van der Waals surface area (Å²) in [6, 6.07) is 0. The molecule has 1 heterocycles. The molecule has 0 saturated heterocycles. The predicted octanol–water partition coefficient (Wildman–Crippen LogP) is 3.92. The first-order valence-corrected chi connectivity index (χ1v) is 9.67. The van der Waals surface area contributed by atoms with Gasteiger partial charge >= 0.3 is 0 Å². The van der Waals surface area contributed by atoms with Crippen molar-refractivity contribution in [3.63, 3.8) is 0 Å². The SMILES string of the molecule is C1=C(CNC23CC4CC(CC(C4)C2)C3)CC2=C1CSC2. The van der Waals surface area contributed by atoms with Gasteiger partial charge in [0.05, 0.1) is 0 Å². The molecule has 6 rings (SSSR count). The summed E-state index contributed by atoms with van der Waals surface area (Å²) in [6.45, 7) is 1.17. The lowest BCUT2D eigenvalue weighted by Gasteiger charge is -2.57. The Kier molecular flexibility index (Phi) is 2.71. The zero-order chi connectivity index (χ0) is 13.2. The van der Waals surface area contributed by atoms with Crippen molar-refractivity contribution in [1.29, 1.82) is 0 Å². The van der Waals surface area contributed by atoms with Gasteiger partial charge in [-0.15, -0.1) is 0 Å². The lowest BCUT2D eigenvalue weighted by molar-refractivity contribution is -0.0182. The van der Waals surface area contributed by atoms with Gasteiger partial charge in [0.25, 0.3) is 0 Å². The molecule has 0 aromatic carbocycles. The third kappa shape index (κ3) is 1.94. The minimum Gasteiger partial charge on any atom is -0.307 e. The van der Waals surface area contributed by atoms with E-state index in [1.807, 2.05) is 0 Å². The van der Waals surface area contributed by atoms with Crippen LogP contribution in [-0.2, 0) is 0 Å². The third-order valence-electron chi connectivity index (χ3n) is 6.54. The molecule has 0 amide bonds. The fraction of sp³-hybridized carbons (Fsp3) is 0.778. The fourth-order valence-electron chi connectivity index (χ4n) is 6.10. The van der Waals surface area contributed by atoms with Crippen LogP contribution in [0.25, 0.3) is 0 Å². The first kappa shape index (κ1) is 12.3. The largest absolute Gasteiger partial charge is 0.307 e. The van der Waals surface area contributed by atoms with Crippen molar-refractivity contribution in [2.24, 2.45) is 17.8 Å². The highest BCUT2D eigenvalue weighted by atomic mass is 32.2. The number of allylic oxidation sites excluding steroid dienone is 1. The maximum Gasteiger partial charge on any atom is 0.0192 e. The molecule has 6 aliphatic rings. The van der Waals surface area contributed by atoms with Crippen LogP contribution < -0.4 is 5.32 Å². The summed E-state index contributed by atoms with van der Waals surface area (Å²) in [5, 5.41) is 4.06. The van der Waals surface area contributed by atoms with Crippen LogP contribution in [0.1, 0.15) is 44.9 Å². The molecule has 4 fully saturated rings. The van der Waals surface area contributed by atoms with Gasteiger partial charge in [0.15, 0.2) is 0 Å². The Hall–Kier alpha value is -0.210. The van der Waals surface area contributed by atoms with E-state index in [1.165, 1.54) is 43.7 Å². The van der Waals surface area contributed by atoms with Gasteiger partial charge in [0.1, 0.15) is 0 Å². The molecule has 0 unspecified atom stereocenters. The van der Waals surface area contributed by atoms with E-state index in [9.17, 15) is 0 Å². The van der Waals surface area contributed by atoms with Crippen LogP contribution in [0.3, 0.4) is 0 Å². The van der Waals surface area contributed by atoms with Gasteiger partial charge < -0.3 is 5.32 Å². The molecule has 108 valence electrons. The Balaban J connectivity index is 1.27. The van der Waals surface area contributed by atoms with Crippen molar-refractivity contribution in [2.45, 2.75) is 50.5 Å². The van der Waals surface area contributed by atoms with Crippen LogP contribution in [0.5, 0.6) is 0 Å². The Morgan fingerprint density at radius 1 is 1.05 bits per heavy atom. The second kappa shape index (κ2) is 4.39. The summed E-state index contributed by atoms with van der Waals surface area (Å²) in [7, 11) is 0. The highest BCUT2D eigenvalue weighted by Gasteiger charge is 2.50. The fourth-order valence-corrected chi connectivity index (χ4v) is 7.24. The van der Waals surface area contributed by atoms with Crippen LogP contribution in [0.2, 0.25) is 0 Å². The third-order valence-corrected chi connectivity index (χ3v) is 7.60. The molecule has 1 aliphatic heterocycles. The molecule has 0 aromatic heterocycles. The molecule has 0 radical (unpaired) electrons. The number of hydrogen-bond donors (Lipinski definition) is 1. The maximum absolute atomic E-state index is 4.06. The number of nitrogens with one attached hydrogen (secondary N) is 1. The highest BCUT2D eigenvalue weighted by molar-refractivity contribution is 7.99. The second-order valence-electron chi connectivity index (χ2n) is 8.15. The van der Waals surface area contributed by atoms with Gasteiger partial charge in [0.2, 0.25) is 0 Å². The van der Waals surface area contributed by atoms with E-state index >= 15 is 0 Å². The van der Waals surface area contributed by atoms with Gasteiger partial charge in [-0.1, -0.05) is 17.2 Å². The molecule has 1 nitrogen and oxygen atoms in total. The Bertz CT molecular complexity index is 466. The van der Waals surface area contributed by atoms with Gasteiger partial charge in [-0.3, -0.25) is 0 Å². The van der Waals surface area contributed by atoms with Crippen LogP contribution in [-0.4, -0.2) is 23.6 Å². The molecular weight excluding hydrogens is 262 g/mol. The molecule has 4 saturated carbocycles. The summed E-state index contributed by atoms with van der Waals surface area (Å²) >= 11 is 2.09. The summed E-state index contributed by atoms with van der Waals surface area (Å²) in [5.74, 6) is 5.76. The van der Waals surface area contributed by atoms with Crippen molar-refractivity contribution in [1.82, 2.24) is 5.32 Å². The normalized spacial score (nSPS) is 45.2. The number of hydrogen-bond acceptors (Lipinski definition) is 2. The monoisotopic (exact) mass is 287 g/mol. The molecule has 0 aromatic rings. The highest BCUT2D eigenvalue weighted by Crippen LogP contribution is 2.55. The predicted molar refractivity (Wildman–Crippen MR) is 86.0 cm³/mol. The average molecular weight is 287 g/mol. The van der Waals surface area contributed by atoms with Crippen molar-refractivity contribution in [3.05, 3.63) is 22.8 Å². The Morgan fingerprint density at radius 2 is 1.75 bits per heavy atom. The molecule has 1 N–H and O–H groups in total. The summed E-state index contributed by atoms with van der Waals surface area (Å²) in [5.41, 5.74) is 5.61. The average Bonchev–Trinajstić information content (AvgIpc) is 2.95. The van der Waals surface area contributed by atoms with Crippen LogP contribution >= 0.6 is 11.8 Å². The van der Waals surface area contributed by atoms with Crippen LogP contribution in [0.4, 0.5) is 0 Å². The van der Waals surface area contributed by atoms with E-state index in [1.54, 1.807) is 36.0 Å². The molecule has 0 spiro atoms. The number of rotatable bonds is 3. The van der Waals surface area contributed by atoms with Crippen molar-refractivity contribution >= 4 is 11.8 Å². The standard InChI is InChI=1S/C18H25NS/c1-12-2-14-3-13(1)7-18(6-12,8-14)19-9-15-4-16-10-20-11-17(16)5-15/h4,12-14,19H,1-3,5-11H2. The van der Waals surface area contributed by atoms with Gasteiger partial charge in [-0.05, 0) is 68.3 Å². The Labute approximate surface area is 126 Å². The quantitative estimate of drug-likeness (QED) is 0.844. The van der Waals surface area contributed by atoms with Gasteiger partial charge in [-0.25, -0.2) is 0 Å². The molecule has 0 atom stereocenters. The zero-order valence-corrected chi connectivity index (χ0v) is 13.1. The van der Waals surface area contributed by atoms with Gasteiger partial charge in [0, 0.05) is 23.6 Å². The van der Waals surface area contributed by atoms with E-state index in [2.05, 4.69) is 23.2 Å². The van der Waals surface area contributed by atoms with E-state index in [-0.39, 0.29) is 0 Å². The van der Waals surface area contributed by atoms with Crippen molar-refractivity contribution < 1.29 is 0 Å². The van der Waals surface area contributed by atoms with Crippen LogP contribution in [0.15, 0.2) is 22.8 Å². The van der Waals surface area contributed by atoms with E-state index in [4.69, 9.17) is 0 Å². The summed E-state index contributed by atoms with van der Waals surface area (Å²) in [6.07, 6.45) is 12.9.